The molecule has 0 saturated heterocycles. The molecule has 130 valence electrons. The molecule has 1 atom stereocenters. The van der Waals surface area contributed by atoms with E-state index in [-0.39, 0.29) is 17.9 Å². The predicted molar refractivity (Wildman–Crippen MR) is 94.3 cm³/mol. The summed E-state index contributed by atoms with van der Waals surface area (Å²) in [6.07, 6.45) is 0.264. The van der Waals surface area contributed by atoms with Crippen molar-refractivity contribution >= 4 is 9.84 Å². The van der Waals surface area contributed by atoms with E-state index in [1.807, 2.05) is 19.1 Å². The molecule has 2 rings (SSSR count). The van der Waals surface area contributed by atoms with Crippen LogP contribution in [0.3, 0.4) is 0 Å². The van der Waals surface area contributed by atoms with Crippen molar-refractivity contribution in [3.05, 3.63) is 54.1 Å². The Bertz CT molecular complexity index is 760. The number of nitrogens with two attached hydrogens (primary N) is 1. The minimum Gasteiger partial charge on any atom is -0.493 e. The molecule has 0 heterocycles. The third-order valence-corrected chi connectivity index (χ3v) is 5.96. The molecule has 0 aliphatic rings. The van der Waals surface area contributed by atoms with Gasteiger partial charge in [-0.05, 0) is 37.1 Å². The zero-order valence-corrected chi connectivity index (χ0v) is 14.8. The summed E-state index contributed by atoms with van der Waals surface area (Å²) in [5.74, 6) is 1.16. The average Bonchev–Trinajstić information content (AvgIpc) is 2.61. The fourth-order valence-electron chi connectivity index (χ4n) is 2.56. The number of benzene rings is 2. The summed E-state index contributed by atoms with van der Waals surface area (Å²) in [6.45, 7) is 2.36. The zero-order valence-electron chi connectivity index (χ0n) is 13.9. The summed E-state index contributed by atoms with van der Waals surface area (Å²) >= 11 is 0. The largest absolute Gasteiger partial charge is 0.493 e. The predicted octanol–water partition coefficient (Wildman–Crippen LogP) is 2.44. The monoisotopic (exact) mass is 349 g/mol. The fraction of sp³-hybridized carbons (Fsp3) is 0.333. The van der Waals surface area contributed by atoms with E-state index in [9.17, 15) is 8.42 Å². The standard InChI is InChI=1S/C18H23NO4S/c1-3-23-18-14(8-7-11-17(18)22-2)12-16(13-19)24(20,21)15-9-5-4-6-10-15/h4-11,16H,3,12-13,19H2,1-2H3. The van der Waals surface area contributed by atoms with Gasteiger partial charge in [0.2, 0.25) is 0 Å². The lowest BCUT2D eigenvalue weighted by molar-refractivity contribution is 0.307. The van der Waals surface area contributed by atoms with Crippen LogP contribution in [0.2, 0.25) is 0 Å². The summed E-state index contributed by atoms with van der Waals surface area (Å²) in [5.41, 5.74) is 6.56. The molecule has 0 radical (unpaired) electrons. The van der Waals surface area contributed by atoms with Gasteiger partial charge in [-0.15, -0.1) is 0 Å². The molecule has 1 unspecified atom stereocenters. The van der Waals surface area contributed by atoms with Gasteiger partial charge in [0.05, 0.1) is 23.9 Å². The summed E-state index contributed by atoms with van der Waals surface area (Å²) < 4.78 is 36.7. The van der Waals surface area contributed by atoms with E-state index < -0.39 is 15.1 Å². The molecule has 5 nitrogen and oxygen atoms in total. The lowest BCUT2D eigenvalue weighted by Crippen LogP contribution is -2.32. The second kappa shape index (κ2) is 8.17. The highest BCUT2D eigenvalue weighted by molar-refractivity contribution is 7.92. The SMILES string of the molecule is CCOc1c(CC(CN)S(=O)(=O)c2ccccc2)cccc1OC. The van der Waals surface area contributed by atoms with Crippen LogP contribution in [0.25, 0.3) is 0 Å². The van der Waals surface area contributed by atoms with Crippen molar-refractivity contribution in [3.8, 4) is 11.5 Å². The molecule has 6 heteroatoms. The number of sulfone groups is 1. The molecule has 0 bridgehead atoms. The van der Waals surface area contributed by atoms with E-state index in [4.69, 9.17) is 15.2 Å². The van der Waals surface area contributed by atoms with Crippen LogP contribution in [0.15, 0.2) is 53.4 Å². The molecule has 0 amide bonds. The van der Waals surface area contributed by atoms with Gasteiger partial charge in [0.25, 0.3) is 0 Å². The zero-order chi connectivity index (χ0) is 17.6. The molecule has 0 aliphatic carbocycles. The van der Waals surface area contributed by atoms with Crippen LogP contribution in [-0.4, -0.2) is 33.9 Å². The van der Waals surface area contributed by atoms with Gasteiger partial charge in [0, 0.05) is 6.54 Å². The molecular formula is C18H23NO4S. The third-order valence-electron chi connectivity index (χ3n) is 3.79. The minimum absolute atomic E-state index is 0.0278. The van der Waals surface area contributed by atoms with Crippen molar-refractivity contribution in [2.45, 2.75) is 23.5 Å². The smallest absolute Gasteiger partial charge is 0.182 e. The minimum atomic E-state index is -3.52. The molecule has 2 N–H and O–H groups in total. The van der Waals surface area contributed by atoms with Crippen molar-refractivity contribution in [1.29, 1.82) is 0 Å². The Morgan fingerprint density at radius 1 is 1.08 bits per heavy atom. The Hall–Kier alpha value is -2.05. The Kier molecular flexibility index (Phi) is 6.23. The maximum Gasteiger partial charge on any atom is 0.182 e. The second-order valence-electron chi connectivity index (χ2n) is 5.30. The number of ether oxygens (including phenoxy) is 2. The second-order valence-corrected chi connectivity index (χ2v) is 7.53. The Morgan fingerprint density at radius 2 is 1.79 bits per heavy atom. The summed E-state index contributed by atoms with van der Waals surface area (Å²) in [6, 6.07) is 13.8. The highest BCUT2D eigenvalue weighted by Crippen LogP contribution is 2.33. The first-order valence-electron chi connectivity index (χ1n) is 7.82. The van der Waals surface area contributed by atoms with Crippen molar-refractivity contribution in [1.82, 2.24) is 0 Å². The lowest BCUT2D eigenvalue weighted by Gasteiger charge is -2.19. The highest BCUT2D eigenvalue weighted by Gasteiger charge is 2.28. The normalized spacial score (nSPS) is 12.6. The van der Waals surface area contributed by atoms with Gasteiger partial charge < -0.3 is 15.2 Å². The van der Waals surface area contributed by atoms with Crippen molar-refractivity contribution in [2.75, 3.05) is 20.3 Å². The fourth-order valence-corrected chi connectivity index (χ4v) is 4.13. The van der Waals surface area contributed by atoms with Crippen molar-refractivity contribution < 1.29 is 17.9 Å². The van der Waals surface area contributed by atoms with E-state index >= 15 is 0 Å². The summed E-state index contributed by atoms with van der Waals surface area (Å²) in [5, 5.41) is -0.730. The van der Waals surface area contributed by atoms with Crippen LogP contribution >= 0.6 is 0 Å². The maximum atomic E-state index is 12.8. The van der Waals surface area contributed by atoms with E-state index in [0.717, 1.165) is 5.56 Å². The molecular weight excluding hydrogens is 326 g/mol. The Morgan fingerprint density at radius 3 is 2.38 bits per heavy atom. The first kappa shape index (κ1) is 18.3. The first-order chi connectivity index (χ1) is 11.5. The Labute approximate surface area is 143 Å². The highest BCUT2D eigenvalue weighted by atomic mass is 32.2. The average molecular weight is 349 g/mol. The Balaban J connectivity index is 2.38. The van der Waals surface area contributed by atoms with Crippen LogP contribution in [-0.2, 0) is 16.3 Å². The quantitative estimate of drug-likeness (QED) is 0.792. The number of methoxy groups -OCH3 is 1. The van der Waals surface area contributed by atoms with Gasteiger partial charge in [-0.2, -0.15) is 0 Å². The van der Waals surface area contributed by atoms with Crippen molar-refractivity contribution in [3.63, 3.8) is 0 Å². The molecule has 0 fully saturated rings. The topological polar surface area (TPSA) is 78.6 Å². The molecule has 0 saturated carbocycles. The number of hydrogen-bond acceptors (Lipinski definition) is 5. The van der Waals surface area contributed by atoms with E-state index in [1.54, 1.807) is 43.5 Å². The van der Waals surface area contributed by atoms with Gasteiger partial charge in [0.15, 0.2) is 21.3 Å². The van der Waals surface area contributed by atoms with Gasteiger partial charge in [-0.25, -0.2) is 8.42 Å². The van der Waals surface area contributed by atoms with Gasteiger partial charge >= 0.3 is 0 Å². The number of para-hydroxylation sites is 1. The third kappa shape index (κ3) is 3.88. The van der Waals surface area contributed by atoms with Gasteiger partial charge in [0.1, 0.15) is 0 Å². The maximum absolute atomic E-state index is 12.8. The number of hydrogen-bond donors (Lipinski definition) is 1. The molecule has 2 aromatic carbocycles. The van der Waals surface area contributed by atoms with Gasteiger partial charge in [-0.1, -0.05) is 30.3 Å². The van der Waals surface area contributed by atoms with E-state index in [1.165, 1.54) is 0 Å². The van der Waals surface area contributed by atoms with Crippen molar-refractivity contribution in [2.24, 2.45) is 5.73 Å². The van der Waals surface area contributed by atoms with Crippen LogP contribution in [0.1, 0.15) is 12.5 Å². The number of rotatable bonds is 8. The lowest BCUT2D eigenvalue weighted by atomic mass is 10.1. The summed E-state index contributed by atoms with van der Waals surface area (Å²) in [4.78, 5) is 0.279. The molecule has 0 spiro atoms. The first-order valence-corrected chi connectivity index (χ1v) is 9.36. The molecule has 24 heavy (non-hydrogen) atoms. The molecule has 0 aliphatic heterocycles. The molecule has 0 aromatic heterocycles. The van der Waals surface area contributed by atoms with Gasteiger partial charge in [-0.3, -0.25) is 0 Å². The van der Waals surface area contributed by atoms with Crippen LogP contribution < -0.4 is 15.2 Å². The molecule has 2 aromatic rings. The van der Waals surface area contributed by atoms with E-state index in [2.05, 4.69) is 0 Å². The van der Waals surface area contributed by atoms with E-state index in [0.29, 0.717) is 18.1 Å². The summed E-state index contributed by atoms with van der Waals surface area (Å²) in [7, 11) is -1.96. The van der Waals surface area contributed by atoms with Crippen LogP contribution in [0.4, 0.5) is 0 Å². The van der Waals surface area contributed by atoms with Crippen LogP contribution in [0, 0.1) is 0 Å². The van der Waals surface area contributed by atoms with Crippen LogP contribution in [0.5, 0.6) is 11.5 Å².